The van der Waals surface area contributed by atoms with Crippen molar-refractivity contribution in [2.45, 2.75) is 23.1 Å². The van der Waals surface area contributed by atoms with E-state index in [2.05, 4.69) is 10.3 Å². The molecule has 0 saturated heterocycles. The zero-order chi connectivity index (χ0) is 22.4. The largest absolute Gasteiger partial charge is 0.354 e. The molecular weight excluding hydrogens is 425 g/mol. The van der Waals surface area contributed by atoms with Gasteiger partial charge in [0.1, 0.15) is 11.1 Å². The van der Waals surface area contributed by atoms with Crippen LogP contribution >= 0.6 is 0 Å². The molecule has 0 aliphatic carbocycles. The number of hydrogen-bond acceptors (Lipinski definition) is 5. The summed E-state index contributed by atoms with van der Waals surface area (Å²) in [6, 6.07) is 14.1. The van der Waals surface area contributed by atoms with Gasteiger partial charge in [0.05, 0.1) is 4.90 Å². The van der Waals surface area contributed by atoms with Crippen molar-refractivity contribution in [2.75, 3.05) is 6.54 Å². The predicted octanol–water partition coefficient (Wildman–Crippen LogP) is 1.40. The Hall–Kier alpha value is -3.53. The van der Waals surface area contributed by atoms with E-state index < -0.39 is 38.1 Å². The van der Waals surface area contributed by atoms with Crippen molar-refractivity contribution in [3.63, 3.8) is 0 Å². The van der Waals surface area contributed by atoms with Crippen LogP contribution in [0.4, 0.5) is 4.39 Å². The fourth-order valence-corrected chi connectivity index (χ4v) is 4.66. The summed E-state index contributed by atoms with van der Waals surface area (Å²) in [7, 11) is -3.92. The number of halogens is 1. The highest BCUT2D eigenvalue weighted by molar-refractivity contribution is 7.91. The maximum Gasteiger partial charge on any atom is 0.328 e. The summed E-state index contributed by atoms with van der Waals surface area (Å²) in [4.78, 5) is 37.1. The molecule has 31 heavy (non-hydrogen) atoms. The van der Waals surface area contributed by atoms with Gasteiger partial charge in [0.2, 0.25) is 5.91 Å². The van der Waals surface area contributed by atoms with E-state index in [0.717, 1.165) is 12.1 Å². The van der Waals surface area contributed by atoms with Gasteiger partial charge in [0, 0.05) is 31.8 Å². The van der Waals surface area contributed by atoms with E-state index in [4.69, 9.17) is 0 Å². The van der Waals surface area contributed by atoms with Crippen LogP contribution in [0, 0.1) is 5.82 Å². The summed E-state index contributed by atoms with van der Waals surface area (Å²) in [5, 5.41) is 1.51. The van der Waals surface area contributed by atoms with Gasteiger partial charge in [-0.1, -0.05) is 30.3 Å². The molecule has 1 amide bonds. The van der Waals surface area contributed by atoms with Gasteiger partial charge in [0.25, 0.3) is 5.56 Å². The number of aromatic nitrogens is 2. The molecule has 0 spiro atoms. The molecule has 3 rings (SSSR count). The van der Waals surface area contributed by atoms with Crippen molar-refractivity contribution < 1.29 is 17.6 Å². The van der Waals surface area contributed by atoms with E-state index in [1.165, 1.54) is 29.0 Å². The van der Waals surface area contributed by atoms with Crippen LogP contribution in [0.3, 0.4) is 0 Å². The Morgan fingerprint density at radius 2 is 1.71 bits per heavy atom. The first-order chi connectivity index (χ1) is 14.8. The Kier molecular flexibility index (Phi) is 6.81. The average molecular weight is 445 g/mol. The summed E-state index contributed by atoms with van der Waals surface area (Å²) < 4.78 is 40.7. The van der Waals surface area contributed by atoms with Crippen LogP contribution in [0.2, 0.25) is 0 Å². The molecule has 162 valence electrons. The molecule has 2 aromatic carbocycles. The molecule has 1 unspecified atom stereocenters. The summed E-state index contributed by atoms with van der Waals surface area (Å²) in [5.74, 6) is -1.02. The van der Waals surface area contributed by atoms with Gasteiger partial charge in [0.15, 0.2) is 9.84 Å². The maximum atomic E-state index is 13.2. The van der Waals surface area contributed by atoms with Crippen molar-refractivity contribution in [1.82, 2.24) is 14.9 Å². The highest BCUT2D eigenvalue weighted by Gasteiger charge is 2.29. The molecule has 0 fully saturated rings. The van der Waals surface area contributed by atoms with Crippen LogP contribution in [-0.4, -0.2) is 30.4 Å². The molecule has 8 nitrogen and oxygen atoms in total. The normalized spacial score (nSPS) is 12.3. The Labute approximate surface area is 177 Å². The van der Waals surface area contributed by atoms with Crippen molar-refractivity contribution >= 4 is 15.7 Å². The number of rotatable bonds is 8. The third kappa shape index (κ3) is 5.54. The molecule has 1 heterocycles. The number of hydrogen-bond donors (Lipinski definition) is 2. The first kappa shape index (κ1) is 22.2. The topological polar surface area (TPSA) is 118 Å². The zero-order valence-electron chi connectivity index (χ0n) is 16.3. The Morgan fingerprint density at radius 3 is 2.35 bits per heavy atom. The van der Waals surface area contributed by atoms with Gasteiger partial charge in [-0.15, -0.1) is 0 Å². The molecule has 2 N–H and O–H groups in total. The first-order valence-corrected chi connectivity index (χ1v) is 10.9. The number of benzene rings is 2. The monoisotopic (exact) mass is 445 g/mol. The van der Waals surface area contributed by atoms with E-state index >= 15 is 0 Å². The number of carbonyl (C=O) groups is 1. The molecule has 1 atom stereocenters. The number of aryl methyl sites for hydroxylation is 1. The number of H-pyrrole nitrogens is 1. The molecule has 0 aliphatic heterocycles. The first-order valence-electron chi connectivity index (χ1n) is 9.38. The summed E-state index contributed by atoms with van der Waals surface area (Å²) in [6.45, 7) is -0.189. The second kappa shape index (κ2) is 9.52. The van der Waals surface area contributed by atoms with Crippen LogP contribution in [0.15, 0.2) is 81.3 Å². The number of carbonyl (C=O) groups excluding carboxylic acids is 1. The fraction of sp³-hybridized carbons (Fsp3) is 0.190. The van der Waals surface area contributed by atoms with E-state index in [9.17, 15) is 27.2 Å². The Morgan fingerprint density at radius 1 is 1.03 bits per heavy atom. The minimum Gasteiger partial charge on any atom is -0.354 e. The number of sulfone groups is 1. The molecule has 0 aliphatic rings. The lowest BCUT2D eigenvalue weighted by Gasteiger charge is -2.19. The SMILES string of the molecule is O=C(CCn1ccc(=O)[nH]c1=O)NCC(c1ccccc1)S(=O)(=O)c1ccc(F)cc1. The van der Waals surface area contributed by atoms with Crippen LogP contribution in [-0.2, 0) is 21.2 Å². The summed E-state index contributed by atoms with van der Waals surface area (Å²) in [6.07, 6.45) is 1.18. The Balaban J connectivity index is 1.75. The lowest BCUT2D eigenvalue weighted by Crippen LogP contribution is -2.34. The van der Waals surface area contributed by atoms with Gasteiger partial charge in [-0.05, 0) is 29.8 Å². The number of aromatic amines is 1. The molecule has 3 aromatic rings. The van der Waals surface area contributed by atoms with E-state index in [1.807, 2.05) is 0 Å². The van der Waals surface area contributed by atoms with E-state index in [1.54, 1.807) is 30.3 Å². The second-order valence-corrected chi connectivity index (χ2v) is 8.89. The summed E-state index contributed by atoms with van der Waals surface area (Å²) in [5.41, 5.74) is -0.701. The molecule has 10 heteroatoms. The second-order valence-electron chi connectivity index (χ2n) is 6.76. The van der Waals surface area contributed by atoms with Gasteiger partial charge < -0.3 is 9.88 Å². The lowest BCUT2D eigenvalue weighted by atomic mass is 10.1. The zero-order valence-corrected chi connectivity index (χ0v) is 17.1. The average Bonchev–Trinajstić information content (AvgIpc) is 2.74. The third-order valence-corrected chi connectivity index (χ3v) is 6.77. The molecule has 1 aromatic heterocycles. The van der Waals surface area contributed by atoms with Gasteiger partial charge in [-0.3, -0.25) is 14.6 Å². The highest BCUT2D eigenvalue weighted by Crippen LogP contribution is 2.28. The summed E-state index contributed by atoms with van der Waals surface area (Å²) >= 11 is 0. The molecular formula is C21H20FN3O5S. The number of nitrogens with one attached hydrogen (secondary N) is 2. The van der Waals surface area contributed by atoms with Crippen molar-refractivity contribution in [2.24, 2.45) is 0 Å². The quantitative estimate of drug-likeness (QED) is 0.508. The minimum absolute atomic E-state index is 0.0160. The molecule has 0 bridgehead atoms. The third-order valence-electron chi connectivity index (χ3n) is 4.65. The molecule has 0 saturated carbocycles. The predicted molar refractivity (Wildman–Crippen MR) is 112 cm³/mol. The van der Waals surface area contributed by atoms with E-state index in [0.29, 0.717) is 5.56 Å². The maximum absolute atomic E-state index is 13.2. The van der Waals surface area contributed by atoms with Gasteiger partial charge in [-0.2, -0.15) is 0 Å². The van der Waals surface area contributed by atoms with Gasteiger partial charge >= 0.3 is 5.69 Å². The van der Waals surface area contributed by atoms with E-state index in [-0.39, 0.29) is 24.4 Å². The van der Waals surface area contributed by atoms with Gasteiger partial charge in [-0.25, -0.2) is 17.6 Å². The van der Waals surface area contributed by atoms with Crippen LogP contribution in [0.1, 0.15) is 17.2 Å². The lowest BCUT2D eigenvalue weighted by molar-refractivity contribution is -0.121. The minimum atomic E-state index is -3.92. The van der Waals surface area contributed by atoms with Crippen molar-refractivity contribution in [1.29, 1.82) is 0 Å². The highest BCUT2D eigenvalue weighted by atomic mass is 32.2. The van der Waals surface area contributed by atoms with Crippen molar-refractivity contribution in [3.05, 3.63) is 99.1 Å². The Bertz CT molecular complexity index is 1270. The number of amides is 1. The van der Waals surface area contributed by atoms with Crippen LogP contribution < -0.4 is 16.6 Å². The fourth-order valence-electron chi connectivity index (χ4n) is 3.00. The standard InChI is InChI=1S/C21H20FN3O5S/c22-16-6-8-17(9-7-16)31(29,30)18(15-4-2-1-3-5-15)14-23-19(26)10-12-25-13-11-20(27)24-21(25)28/h1-9,11,13,18H,10,12,14H2,(H,23,26)(H,24,27,28). The molecule has 0 radical (unpaired) electrons. The van der Waals surface area contributed by atoms with Crippen molar-refractivity contribution in [3.8, 4) is 0 Å². The van der Waals surface area contributed by atoms with Crippen LogP contribution in [0.5, 0.6) is 0 Å². The van der Waals surface area contributed by atoms with Crippen LogP contribution in [0.25, 0.3) is 0 Å². The number of nitrogens with zero attached hydrogens (tertiary/aromatic N) is 1. The smallest absolute Gasteiger partial charge is 0.328 e.